The molecule has 2 N–H and O–H groups in total. The van der Waals surface area contributed by atoms with E-state index in [0.717, 1.165) is 44.6 Å². The summed E-state index contributed by atoms with van der Waals surface area (Å²) in [6.07, 6.45) is -1.35. The zero-order valence-corrected chi connectivity index (χ0v) is 21.8. The molecule has 0 amide bonds. The molecule has 3 fully saturated rings. The quantitative estimate of drug-likeness (QED) is 0.466. The Labute approximate surface area is 227 Å². The third kappa shape index (κ3) is 11.5. The molecule has 4 heterocycles. The maximum atomic E-state index is 10.6. The number of hydrogen-bond donors (Lipinski definition) is 2. The Bertz CT molecular complexity index is 879. The number of carbonyl (C=O) groups is 2. The molecule has 15 heteroatoms. The van der Waals surface area contributed by atoms with Gasteiger partial charge in [0.15, 0.2) is 0 Å². The van der Waals surface area contributed by atoms with Gasteiger partial charge in [0.05, 0.1) is 12.2 Å². The normalized spacial score (nSPS) is 21.5. The van der Waals surface area contributed by atoms with E-state index in [1.807, 2.05) is 18.2 Å². The molecule has 0 radical (unpaired) electrons. The number of hydrogen-bond acceptors (Lipinski definition) is 7. The lowest BCUT2D eigenvalue weighted by molar-refractivity contribution is -0.193. The number of alkyl halides is 6. The molecule has 0 bridgehead atoms. The van der Waals surface area contributed by atoms with Crippen LogP contribution < -0.4 is 4.74 Å². The van der Waals surface area contributed by atoms with Crippen LogP contribution in [0.3, 0.4) is 0 Å². The summed E-state index contributed by atoms with van der Waals surface area (Å²) in [5.41, 5.74) is 0.0969. The molecule has 3 aliphatic rings. The number of carboxylic acid groups (broad SMARTS) is 2. The first-order valence-corrected chi connectivity index (χ1v) is 12.8. The molecule has 4 rings (SSSR count). The molecule has 1 spiro atoms. The average Bonchev–Trinajstić information content (AvgIpc) is 3.28. The van der Waals surface area contributed by atoms with E-state index in [0.29, 0.717) is 5.92 Å². The van der Waals surface area contributed by atoms with Crippen molar-refractivity contribution in [1.29, 1.82) is 0 Å². The monoisotopic (exact) mass is 588 g/mol. The number of ether oxygens (including phenoxy) is 3. The number of nitrogens with zero attached hydrogens (tertiary/aromatic N) is 2. The first-order chi connectivity index (χ1) is 18.7. The second-order valence-corrected chi connectivity index (χ2v) is 9.67. The van der Waals surface area contributed by atoms with Gasteiger partial charge < -0.3 is 29.3 Å². The zero-order valence-electron chi connectivity index (χ0n) is 21.8. The first kappa shape index (κ1) is 33.6. The van der Waals surface area contributed by atoms with Gasteiger partial charge in [-0.3, -0.25) is 0 Å². The molecule has 228 valence electrons. The molecule has 0 saturated carbocycles. The second kappa shape index (κ2) is 15.4. The highest BCUT2D eigenvalue weighted by atomic mass is 19.4. The van der Waals surface area contributed by atoms with Gasteiger partial charge in [-0.15, -0.1) is 0 Å². The van der Waals surface area contributed by atoms with Gasteiger partial charge in [-0.1, -0.05) is 6.07 Å². The van der Waals surface area contributed by atoms with Crippen molar-refractivity contribution < 1.29 is 60.4 Å². The van der Waals surface area contributed by atoms with Crippen LogP contribution in [0.5, 0.6) is 5.88 Å². The van der Waals surface area contributed by atoms with Crippen LogP contribution in [-0.2, 0) is 19.1 Å². The lowest BCUT2D eigenvalue weighted by atomic mass is 9.78. The van der Waals surface area contributed by atoms with E-state index in [9.17, 15) is 26.3 Å². The second-order valence-electron chi connectivity index (χ2n) is 9.67. The van der Waals surface area contributed by atoms with E-state index < -0.39 is 24.3 Å². The van der Waals surface area contributed by atoms with Gasteiger partial charge >= 0.3 is 24.3 Å². The number of halogens is 6. The van der Waals surface area contributed by atoms with Gasteiger partial charge in [0.1, 0.15) is 0 Å². The molecule has 0 aromatic carbocycles. The molecule has 1 aromatic heterocycles. The molecule has 40 heavy (non-hydrogen) atoms. The molecule has 1 atom stereocenters. The minimum Gasteiger partial charge on any atom is -0.478 e. The maximum absolute atomic E-state index is 10.6. The summed E-state index contributed by atoms with van der Waals surface area (Å²) in [6.45, 7) is 7.14. The number of aliphatic carboxylic acids is 2. The van der Waals surface area contributed by atoms with Crippen molar-refractivity contribution in [3.8, 4) is 5.88 Å². The third-order valence-corrected chi connectivity index (χ3v) is 7.00. The van der Waals surface area contributed by atoms with Crippen molar-refractivity contribution in [3.63, 3.8) is 0 Å². The van der Waals surface area contributed by atoms with Crippen LogP contribution in [0, 0.1) is 11.8 Å². The Morgan fingerprint density at radius 2 is 1.55 bits per heavy atom. The van der Waals surface area contributed by atoms with E-state index in [-0.39, 0.29) is 5.60 Å². The Morgan fingerprint density at radius 1 is 0.975 bits per heavy atom. The highest BCUT2D eigenvalue weighted by molar-refractivity contribution is 5.73. The highest BCUT2D eigenvalue weighted by Crippen LogP contribution is 2.42. The summed E-state index contributed by atoms with van der Waals surface area (Å²) >= 11 is 0. The number of carboxylic acids is 2. The zero-order chi connectivity index (χ0) is 29.8. The Morgan fingerprint density at radius 3 is 2.05 bits per heavy atom. The van der Waals surface area contributed by atoms with Gasteiger partial charge in [-0.25, -0.2) is 14.6 Å². The van der Waals surface area contributed by atoms with Crippen molar-refractivity contribution in [2.75, 3.05) is 46.1 Å². The summed E-state index contributed by atoms with van der Waals surface area (Å²) in [7, 11) is 0. The Balaban J connectivity index is 0.000000333. The van der Waals surface area contributed by atoms with Gasteiger partial charge in [0.25, 0.3) is 0 Å². The van der Waals surface area contributed by atoms with Gasteiger partial charge in [0.2, 0.25) is 5.88 Å². The van der Waals surface area contributed by atoms with Crippen LogP contribution in [0.15, 0.2) is 24.4 Å². The molecule has 3 saturated heterocycles. The van der Waals surface area contributed by atoms with Crippen molar-refractivity contribution in [2.24, 2.45) is 11.8 Å². The van der Waals surface area contributed by atoms with E-state index in [4.69, 9.17) is 34.0 Å². The number of rotatable bonds is 6. The lowest BCUT2D eigenvalue weighted by Gasteiger charge is -2.43. The number of pyridine rings is 1. The fourth-order valence-electron chi connectivity index (χ4n) is 4.89. The molecular weight excluding hydrogens is 554 g/mol. The smallest absolute Gasteiger partial charge is 0.478 e. The number of aromatic nitrogens is 1. The molecule has 1 aromatic rings. The van der Waals surface area contributed by atoms with Crippen LogP contribution in [0.2, 0.25) is 0 Å². The van der Waals surface area contributed by atoms with Gasteiger partial charge in [0, 0.05) is 51.7 Å². The highest BCUT2D eigenvalue weighted by Gasteiger charge is 2.46. The minimum atomic E-state index is -5.08. The van der Waals surface area contributed by atoms with E-state index in [2.05, 4.69) is 9.88 Å². The standard InChI is InChI=1S/C21H32N2O3.2C2HF3O2/c1-2-10-22-20(3-1)25-15-6-19-7-16-26-21(19)8-11-23(12-9-21)17-18-4-13-24-14-5-18;2*3-2(4,5)1(6)7/h1-3,10,18-19H,4-9,11-17H2;2*(H,6,7). The molecular formula is C25H34F6N2O7. The van der Waals surface area contributed by atoms with Crippen LogP contribution in [-0.4, -0.2) is 96.1 Å². The topological polar surface area (TPSA) is 118 Å². The molecule has 3 aliphatic heterocycles. The van der Waals surface area contributed by atoms with E-state index in [1.54, 1.807) is 6.20 Å². The van der Waals surface area contributed by atoms with Gasteiger partial charge in [-0.05, 0) is 56.4 Å². The molecule has 9 nitrogen and oxygen atoms in total. The predicted octanol–water partition coefficient (Wildman–Crippen LogP) is 4.41. The maximum Gasteiger partial charge on any atom is 0.490 e. The lowest BCUT2D eigenvalue weighted by Crippen LogP contribution is -2.49. The summed E-state index contributed by atoms with van der Waals surface area (Å²) in [5.74, 6) is -3.34. The van der Waals surface area contributed by atoms with Crippen LogP contribution in [0.4, 0.5) is 26.3 Å². The largest absolute Gasteiger partial charge is 0.490 e. The summed E-state index contributed by atoms with van der Waals surface area (Å²) in [5, 5.41) is 14.2. The number of likely N-dealkylation sites (tertiary alicyclic amines) is 1. The fourth-order valence-corrected chi connectivity index (χ4v) is 4.89. The minimum absolute atomic E-state index is 0.0969. The number of piperidine rings is 1. The van der Waals surface area contributed by atoms with Crippen LogP contribution in [0.1, 0.15) is 38.5 Å². The molecule has 0 aliphatic carbocycles. The average molecular weight is 589 g/mol. The Hall–Kier alpha value is -2.65. The Kier molecular flexibility index (Phi) is 12.9. The molecule has 1 unspecified atom stereocenters. The van der Waals surface area contributed by atoms with Crippen molar-refractivity contribution in [1.82, 2.24) is 9.88 Å². The predicted molar refractivity (Wildman–Crippen MR) is 128 cm³/mol. The van der Waals surface area contributed by atoms with Crippen molar-refractivity contribution in [3.05, 3.63) is 24.4 Å². The van der Waals surface area contributed by atoms with Crippen LogP contribution in [0.25, 0.3) is 0 Å². The first-order valence-electron chi connectivity index (χ1n) is 12.8. The van der Waals surface area contributed by atoms with Crippen LogP contribution >= 0.6 is 0 Å². The van der Waals surface area contributed by atoms with Crippen molar-refractivity contribution in [2.45, 2.75) is 56.5 Å². The van der Waals surface area contributed by atoms with Crippen molar-refractivity contribution >= 4 is 11.9 Å². The van der Waals surface area contributed by atoms with Gasteiger partial charge in [-0.2, -0.15) is 26.3 Å². The summed E-state index contributed by atoms with van der Waals surface area (Å²) < 4.78 is 81.1. The van der Waals surface area contributed by atoms with E-state index in [1.165, 1.54) is 51.7 Å². The summed E-state index contributed by atoms with van der Waals surface area (Å²) in [6, 6.07) is 5.81. The summed E-state index contributed by atoms with van der Waals surface area (Å²) in [4.78, 5) is 24.7. The van der Waals surface area contributed by atoms with E-state index >= 15 is 0 Å². The fraction of sp³-hybridized carbons (Fsp3) is 0.720. The SMILES string of the molecule is O=C(O)C(F)(F)F.O=C(O)C(F)(F)F.c1ccc(OCCC2CCOC23CCN(CC2CCOCC2)CC3)nc1. The third-order valence-electron chi connectivity index (χ3n) is 7.00.